The van der Waals surface area contributed by atoms with Gasteiger partial charge in [-0.25, -0.2) is 8.42 Å². The molecule has 1 atom stereocenters. The first-order valence-electron chi connectivity index (χ1n) is 11.8. The molecule has 0 saturated carbocycles. The molecule has 1 unspecified atom stereocenters. The molecule has 3 aromatic rings. The average molecular weight is 534 g/mol. The van der Waals surface area contributed by atoms with E-state index in [0.717, 1.165) is 29.5 Å². The lowest BCUT2D eigenvalue weighted by atomic mass is 10.2. The summed E-state index contributed by atoms with van der Waals surface area (Å²) < 4.78 is 46.5. The fourth-order valence-electron chi connectivity index (χ4n) is 4.20. The molecule has 1 aliphatic heterocycles. The number of hydrogen-bond donors (Lipinski definition) is 0. The van der Waals surface area contributed by atoms with Gasteiger partial charge in [0.2, 0.25) is 10.0 Å². The van der Waals surface area contributed by atoms with E-state index in [9.17, 15) is 13.2 Å². The highest BCUT2D eigenvalue weighted by atomic mass is 32.2. The van der Waals surface area contributed by atoms with Crippen molar-refractivity contribution in [2.24, 2.45) is 4.99 Å². The Morgan fingerprint density at radius 1 is 1.19 bits per heavy atom. The highest BCUT2D eigenvalue weighted by Gasteiger charge is 2.26. The van der Waals surface area contributed by atoms with Crippen molar-refractivity contribution >= 4 is 37.5 Å². The average Bonchev–Trinajstić information content (AvgIpc) is 3.51. The molecule has 0 N–H and O–H groups in total. The zero-order chi connectivity index (χ0) is 25.9. The number of amides is 1. The molecular formula is C25H31N3O6S2. The number of likely N-dealkylation sites (N-methyl/N-ethyl adjacent to an activating group) is 1. The van der Waals surface area contributed by atoms with Crippen LogP contribution < -0.4 is 14.3 Å². The number of aryl methyl sites for hydroxylation is 1. The van der Waals surface area contributed by atoms with Crippen LogP contribution in [0.25, 0.3) is 10.2 Å². The third kappa shape index (κ3) is 5.34. The quantitative estimate of drug-likeness (QED) is 0.416. The zero-order valence-corrected chi connectivity index (χ0v) is 22.5. The van der Waals surface area contributed by atoms with Gasteiger partial charge >= 0.3 is 0 Å². The number of benzene rings is 2. The molecule has 1 amide bonds. The van der Waals surface area contributed by atoms with Crippen LogP contribution in [-0.4, -0.2) is 63.7 Å². The number of thiazole rings is 1. The second-order valence-electron chi connectivity index (χ2n) is 8.57. The zero-order valence-electron chi connectivity index (χ0n) is 20.9. The Labute approximate surface area is 215 Å². The fraction of sp³-hybridized carbons (Fsp3) is 0.440. The molecule has 1 fully saturated rings. The summed E-state index contributed by atoms with van der Waals surface area (Å²) in [7, 11) is 1.02. The largest absolute Gasteiger partial charge is 0.493 e. The van der Waals surface area contributed by atoms with Crippen LogP contribution in [0.15, 0.2) is 46.3 Å². The lowest BCUT2D eigenvalue weighted by molar-refractivity contribution is 0.0979. The molecule has 1 saturated heterocycles. The van der Waals surface area contributed by atoms with E-state index in [0.29, 0.717) is 41.6 Å². The SMILES string of the molecule is CCCn1c(=NC(=O)c2ccc(S(=O)(=O)N(C)CC3CCCO3)cc2)sc2cc(OC)c(OC)cc21. The fourth-order valence-corrected chi connectivity index (χ4v) is 6.46. The second kappa shape index (κ2) is 11.1. The van der Waals surface area contributed by atoms with Crippen LogP contribution in [0.4, 0.5) is 0 Å². The minimum absolute atomic E-state index is 0.0829. The molecule has 0 spiro atoms. The Morgan fingerprint density at radius 3 is 2.50 bits per heavy atom. The van der Waals surface area contributed by atoms with Crippen molar-refractivity contribution in [1.29, 1.82) is 0 Å². The minimum atomic E-state index is -3.69. The van der Waals surface area contributed by atoms with Crippen LogP contribution in [0.3, 0.4) is 0 Å². The number of rotatable bonds is 9. The van der Waals surface area contributed by atoms with Crippen molar-refractivity contribution in [3.8, 4) is 11.5 Å². The van der Waals surface area contributed by atoms with Gasteiger partial charge in [0.25, 0.3) is 5.91 Å². The maximum absolute atomic E-state index is 13.0. The first-order valence-corrected chi connectivity index (χ1v) is 14.1. The summed E-state index contributed by atoms with van der Waals surface area (Å²) >= 11 is 1.39. The molecular weight excluding hydrogens is 502 g/mol. The summed E-state index contributed by atoms with van der Waals surface area (Å²) in [4.78, 5) is 18.1. The van der Waals surface area contributed by atoms with Crippen LogP contribution in [0, 0.1) is 0 Å². The molecule has 2 heterocycles. The summed E-state index contributed by atoms with van der Waals surface area (Å²) in [6.07, 6.45) is 2.57. The monoisotopic (exact) mass is 533 g/mol. The maximum atomic E-state index is 13.0. The van der Waals surface area contributed by atoms with Crippen LogP contribution in [-0.2, 0) is 21.3 Å². The van der Waals surface area contributed by atoms with E-state index in [1.54, 1.807) is 21.3 Å². The number of ether oxygens (including phenoxy) is 3. The maximum Gasteiger partial charge on any atom is 0.279 e. The summed E-state index contributed by atoms with van der Waals surface area (Å²) in [6.45, 7) is 3.70. The standard InChI is InChI=1S/C25H31N3O6S2/c1-5-12-28-20-14-21(32-3)22(33-4)15-23(20)35-25(28)26-24(29)17-8-10-19(11-9-17)36(30,31)27(2)16-18-7-6-13-34-18/h8-11,14-15,18H,5-7,12-13,16H2,1-4H3. The number of carbonyl (C=O) groups excluding carboxylic acids is 1. The van der Waals surface area contributed by atoms with Gasteiger partial charge in [-0.3, -0.25) is 4.79 Å². The van der Waals surface area contributed by atoms with E-state index in [-0.39, 0.29) is 11.0 Å². The summed E-state index contributed by atoms with van der Waals surface area (Å²) in [5.41, 5.74) is 1.22. The van der Waals surface area contributed by atoms with Crippen molar-refractivity contribution in [2.45, 2.75) is 43.7 Å². The molecule has 1 aromatic heterocycles. The smallest absolute Gasteiger partial charge is 0.279 e. The van der Waals surface area contributed by atoms with Gasteiger partial charge in [0.15, 0.2) is 16.3 Å². The molecule has 9 nitrogen and oxygen atoms in total. The van der Waals surface area contributed by atoms with Crippen molar-refractivity contribution in [3.05, 3.63) is 46.8 Å². The Hall–Kier alpha value is -2.73. The van der Waals surface area contributed by atoms with Gasteiger partial charge < -0.3 is 18.8 Å². The number of carbonyl (C=O) groups is 1. The van der Waals surface area contributed by atoms with Crippen LogP contribution >= 0.6 is 11.3 Å². The van der Waals surface area contributed by atoms with Gasteiger partial charge in [-0.15, -0.1) is 0 Å². The molecule has 11 heteroatoms. The van der Waals surface area contributed by atoms with Crippen LogP contribution in [0.5, 0.6) is 11.5 Å². The summed E-state index contributed by atoms with van der Waals surface area (Å²) in [6, 6.07) is 9.66. The van der Waals surface area contributed by atoms with Crippen molar-refractivity contribution in [2.75, 3.05) is 34.4 Å². The Kier molecular flexibility index (Phi) is 8.13. The van der Waals surface area contributed by atoms with Gasteiger partial charge in [-0.2, -0.15) is 9.30 Å². The number of fused-ring (bicyclic) bond motifs is 1. The Morgan fingerprint density at radius 2 is 1.89 bits per heavy atom. The predicted octanol–water partition coefficient (Wildman–Crippen LogP) is 3.67. The predicted molar refractivity (Wildman–Crippen MR) is 138 cm³/mol. The molecule has 1 aliphatic rings. The van der Waals surface area contributed by atoms with Gasteiger partial charge in [-0.05, 0) is 43.5 Å². The summed E-state index contributed by atoms with van der Waals surface area (Å²) in [5.74, 6) is 0.767. The third-order valence-electron chi connectivity index (χ3n) is 6.13. The Balaban J connectivity index is 1.62. The number of sulfonamides is 1. The molecule has 0 aliphatic carbocycles. The van der Waals surface area contributed by atoms with Crippen molar-refractivity contribution < 1.29 is 27.4 Å². The van der Waals surface area contributed by atoms with E-state index in [4.69, 9.17) is 14.2 Å². The van der Waals surface area contributed by atoms with Gasteiger partial charge in [0.1, 0.15) is 0 Å². The molecule has 194 valence electrons. The summed E-state index contributed by atoms with van der Waals surface area (Å²) in [5, 5.41) is 0. The van der Waals surface area contributed by atoms with Gasteiger partial charge in [-0.1, -0.05) is 18.3 Å². The minimum Gasteiger partial charge on any atom is -0.493 e. The second-order valence-corrected chi connectivity index (χ2v) is 11.6. The third-order valence-corrected chi connectivity index (χ3v) is 9.01. The van der Waals surface area contributed by atoms with E-state index in [2.05, 4.69) is 11.9 Å². The highest BCUT2D eigenvalue weighted by molar-refractivity contribution is 7.89. The molecule has 0 bridgehead atoms. The normalized spacial score (nSPS) is 16.7. The topological polar surface area (TPSA) is 99.4 Å². The van der Waals surface area contributed by atoms with E-state index >= 15 is 0 Å². The van der Waals surface area contributed by atoms with E-state index < -0.39 is 15.9 Å². The van der Waals surface area contributed by atoms with Crippen molar-refractivity contribution in [3.63, 3.8) is 0 Å². The van der Waals surface area contributed by atoms with Crippen LogP contribution in [0.1, 0.15) is 36.5 Å². The van der Waals surface area contributed by atoms with E-state index in [1.807, 2.05) is 16.7 Å². The molecule has 36 heavy (non-hydrogen) atoms. The lowest BCUT2D eigenvalue weighted by Crippen LogP contribution is -2.34. The Bertz CT molecular complexity index is 1400. The number of aromatic nitrogens is 1. The molecule has 0 radical (unpaired) electrons. The first kappa shape index (κ1) is 26.3. The lowest BCUT2D eigenvalue weighted by Gasteiger charge is -2.20. The van der Waals surface area contributed by atoms with Crippen LogP contribution in [0.2, 0.25) is 0 Å². The highest BCUT2D eigenvalue weighted by Crippen LogP contribution is 2.33. The first-order chi connectivity index (χ1) is 17.3. The van der Waals surface area contributed by atoms with Gasteiger partial charge in [0.05, 0.1) is 35.4 Å². The van der Waals surface area contributed by atoms with E-state index in [1.165, 1.54) is 39.9 Å². The number of nitrogens with zero attached hydrogens (tertiary/aromatic N) is 3. The molecule has 2 aromatic carbocycles. The number of hydrogen-bond acceptors (Lipinski definition) is 7. The van der Waals surface area contributed by atoms with Gasteiger partial charge in [0, 0.05) is 44.4 Å². The van der Waals surface area contributed by atoms with Crippen molar-refractivity contribution in [1.82, 2.24) is 8.87 Å². The molecule has 4 rings (SSSR count). The number of methoxy groups -OCH3 is 2.